The van der Waals surface area contributed by atoms with Gasteiger partial charge in [0.25, 0.3) is 5.91 Å². The lowest BCUT2D eigenvalue weighted by Crippen LogP contribution is -2.21. The molecule has 0 radical (unpaired) electrons. The number of carbonyl (C=O) groups excluding carboxylic acids is 2. The quantitative estimate of drug-likeness (QED) is 0.842. The molecule has 2 N–H and O–H groups in total. The molecule has 0 saturated heterocycles. The van der Waals surface area contributed by atoms with Crippen LogP contribution in [0.25, 0.3) is 0 Å². The van der Waals surface area contributed by atoms with Crippen molar-refractivity contribution >= 4 is 29.2 Å². The number of H-pyrrole nitrogens is 1. The number of rotatable bonds is 4. The minimum absolute atomic E-state index is 0.156. The zero-order chi connectivity index (χ0) is 15.5. The predicted molar refractivity (Wildman–Crippen MR) is 77.3 cm³/mol. The Morgan fingerprint density at radius 1 is 1.27 bits per heavy atom. The monoisotopic (exact) mass is 322 g/mol. The summed E-state index contributed by atoms with van der Waals surface area (Å²) in [7, 11) is 0. The van der Waals surface area contributed by atoms with Crippen molar-refractivity contribution in [2.24, 2.45) is 0 Å². The molecule has 0 bridgehead atoms. The van der Waals surface area contributed by atoms with Gasteiger partial charge in [0.05, 0.1) is 5.02 Å². The molecule has 0 aliphatic carbocycles. The second-order valence-electron chi connectivity index (χ2n) is 4.42. The minimum Gasteiger partial charge on any atom is -0.454 e. The van der Waals surface area contributed by atoms with E-state index in [2.05, 4.69) is 10.3 Å². The summed E-state index contributed by atoms with van der Waals surface area (Å²) in [5.74, 6) is 0.0430. The van der Waals surface area contributed by atoms with E-state index in [0.717, 1.165) is 0 Å². The fraction of sp³-hybridized carbons (Fsp3) is 0.143. The number of anilines is 1. The van der Waals surface area contributed by atoms with Crippen molar-refractivity contribution in [3.8, 4) is 11.5 Å². The predicted octanol–water partition coefficient (Wildman–Crippen LogP) is 2.19. The zero-order valence-corrected chi connectivity index (χ0v) is 12.0. The number of fused-ring (bicyclic) bond motifs is 1. The van der Waals surface area contributed by atoms with Crippen molar-refractivity contribution in [1.82, 2.24) is 4.98 Å². The van der Waals surface area contributed by atoms with E-state index in [1.165, 1.54) is 12.3 Å². The van der Waals surface area contributed by atoms with E-state index in [0.29, 0.717) is 22.2 Å². The molecule has 7 nitrogen and oxygen atoms in total. The lowest BCUT2D eigenvalue weighted by molar-refractivity contribution is -0.119. The highest BCUT2D eigenvalue weighted by Gasteiger charge is 2.15. The van der Waals surface area contributed by atoms with Crippen LogP contribution in [0, 0.1) is 0 Å². The highest BCUT2D eigenvalue weighted by molar-refractivity contribution is 6.30. The first-order chi connectivity index (χ1) is 10.6. The second-order valence-corrected chi connectivity index (χ2v) is 4.86. The third kappa shape index (κ3) is 3.15. The number of carbonyl (C=O) groups is 2. The van der Waals surface area contributed by atoms with Gasteiger partial charge in [0, 0.05) is 18.0 Å². The first-order valence-corrected chi connectivity index (χ1v) is 6.70. The van der Waals surface area contributed by atoms with Crippen LogP contribution in [-0.2, 0) is 9.53 Å². The topological polar surface area (TPSA) is 89.7 Å². The van der Waals surface area contributed by atoms with Crippen LogP contribution in [0.5, 0.6) is 11.5 Å². The molecular weight excluding hydrogens is 312 g/mol. The van der Waals surface area contributed by atoms with Crippen LogP contribution in [0.3, 0.4) is 0 Å². The fourth-order valence-corrected chi connectivity index (χ4v) is 2.03. The summed E-state index contributed by atoms with van der Waals surface area (Å²) < 4.78 is 15.2. The van der Waals surface area contributed by atoms with E-state index in [1.807, 2.05) is 0 Å². The average molecular weight is 323 g/mol. The molecule has 0 spiro atoms. The largest absolute Gasteiger partial charge is 0.454 e. The van der Waals surface area contributed by atoms with Gasteiger partial charge in [0.15, 0.2) is 18.1 Å². The Balaban J connectivity index is 1.53. The van der Waals surface area contributed by atoms with Gasteiger partial charge < -0.3 is 24.5 Å². The normalized spacial score (nSPS) is 12.0. The smallest absolute Gasteiger partial charge is 0.355 e. The second kappa shape index (κ2) is 5.98. The number of nitrogens with one attached hydrogen (secondary N) is 2. The van der Waals surface area contributed by atoms with Gasteiger partial charge in [-0.2, -0.15) is 0 Å². The first-order valence-electron chi connectivity index (χ1n) is 6.32. The first kappa shape index (κ1) is 14.3. The molecule has 1 aliphatic rings. The van der Waals surface area contributed by atoms with E-state index in [1.54, 1.807) is 18.2 Å². The molecule has 22 heavy (non-hydrogen) atoms. The number of amides is 1. The molecule has 1 aromatic carbocycles. The van der Waals surface area contributed by atoms with Crippen LogP contribution < -0.4 is 14.8 Å². The molecule has 2 heterocycles. The Kier molecular flexibility index (Phi) is 3.88. The zero-order valence-electron chi connectivity index (χ0n) is 11.2. The summed E-state index contributed by atoms with van der Waals surface area (Å²) in [4.78, 5) is 26.0. The van der Waals surface area contributed by atoms with Crippen LogP contribution >= 0.6 is 11.6 Å². The van der Waals surface area contributed by atoms with E-state index in [9.17, 15) is 9.59 Å². The molecule has 8 heteroatoms. The number of halogens is 1. The van der Waals surface area contributed by atoms with Gasteiger partial charge in [-0.15, -0.1) is 0 Å². The molecule has 1 amide bonds. The summed E-state index contributed by atoms with van der Waals surface area (Å²) in [5, 5.41) is 2.98. The molecule has 114 valence electrons. The maximum atomic E-state index is 11.8. The fourth-order valence-electron chi connectivity index (χ4n) is 1.87. The van der Waals surface area contributed by atoms with Crippen LogP contribution in [0.1, 0.15) is 10.5 Å². The third-order valence-corrected chi connectivity index (χ3v) is 3.08. The van der Waals surface area contributed by atoms with Crippen molar-refractivity contribution in [3.05, 3.63) is 41.2 Å². The number of ether oxygens (including phenoxy) is 3. The SMILES string of the molecule is O=C(COC(=O)c1cc(Cl)c[nH]1)Nc1ccc2c(c1)OCO2. The number of benzene rings is 1. The van der Waals surface area contributed by atoms with E-state index in [-0.39, 0.29) is 12.5 Å². The van der Waals surface area contributed by atoms with Gasteiger partial charge in [-0.05, 0) is 18.2 Å². The van der Waals surface area contributed by atoms with Crippen LogP contribution in [0.2, 0.25) is 5.02 Å². The third-order valence-electron chi connectivity index (χ3n) is 2.86. The average Bonchev–Trinajstić information content (AvgIpc) is 3.13. The summed E-state index contributed by atoms with van der Waals surface area (Å²) in [6.45, 7) is -0.257. The lowest BCUT2D eigenvalue weighted by Gasteiger charge is -2.06. The highest BCUT2D eigenvalue weighted by Crippen LogP contribution is 2.34. The van der Waals surface area contributed by atoms with Crippen molar-refractivity contribution in [1.29, 1.82) is 0 Å². The lowest BCUT2D eigenvalue weighted by atomic mass is 10.3. The van der Waals surface area contributed by atoms with Crippen LogP contribution in [0.4, 0.5) is 5.69 Å². The van der Waals surface area contributed by atoms with Gasteiger partial charge in [0.2, 0.25) is 6.79 Å². The van der Waals surface area contributed by atoms with Gasteiger partial charge in [-0.1, -0.05) is 11.6 Å². The number of esters is 1. The summed E-state index contributed by atoms with van der Waals surface area (Å²) in [5.41, 5.74) is 0.703. The van der Waals surface area contributed by atoms with Crippen LogP contribution in [0.15, 0.2) is 30.5 Å². The van der Waals surface area contributed by atoms with Crippen molar-refractivity contribution in [3.63, 3.8) is 0 Å². The molecule has 0 unspecified atom stereocenters. The van der Waals surface area contributed by atoms with Gasteiger partial charge >= 0.3 is 5.97 Å². The molecule has 0 atom stereocenters. The maximum absolute atomic E-state index is 11.8. The molecule has 0 fully saturated rings. The molecule has 2 aromatic rings. The maximum Gasteiger partial charge on any atom is 0.355 e. The molecular formula is C14H11ClN2O5. The Hall–Kier alpha value is -2.67. The summed E-state index contributed by atoms with van der Waals surface area (Å²) in [6, 6.07) is 6.40. The van der Waals surface area contributed by atoms with Gasteiger partial charge in [-0.3, -0.25) is 4.79 Å². The standard InChI is InChI=1S/C14H11ClN2O5/c15-8-3-10(16-5-8)14(19)20-6-13(18)17-9-1-2-11-12(4-9)22-7-21-11/h1-5,16H,6-7H2,(H,17,18). The summed E-state index contributed by atoms with van der Waals surface area (Å²) in [6.07, 6.45) is 1.45. The number of hydrogen-bond acceptors (Lipinski definition) is 5. The molecule has 1 aliphatic heterocycles. The van der Waals surface area contributed by atoms with Gasteiger partial charge in [-0.25, -0.2) is 4.79 Å². The number of hydrogen-bond donors (Lipinski definition) is 2. The molecule has 3 rings (SSSR count). The van der Waals surface area contributed by atoms with Gasteiger partial charge in [0.1, 0.15) is 5.69 Å². The summed E-state index contributed by atoms with van der Waals surface area (Å²) >= 11 is 5.68. The highest BCUT2D eigenvalue weighted by atomic mass is 35.5. The van der Waals surface area contributed by atoms with E-state index >= 15 is 0 Å². The Morgan fingerprint density at radius 2 is 2.09 bits per heavy atom. The number of aromatic nitrogens is 1. The van der Waals surface area contributed by atoms with Crippen molar-refractivity contribution in [2.45, 2.75) is 0 Å². The molecule has 1 aromatic heterocycles. The number of aromatic amines is 1. The van der Waals surface area contributed by atoms with E-state index in [4.69, 9.17) is 25.8 Å². The Morgan fingerprint density at radius 3 is 2.86 bits per heavy atom. The van der Waals surface area contributed by atoms with Crippen molar-refractivity contribution in [2.75, 3.05) is 18.7 Å². The van der Waals surface area contributed by atoms with Crippen LogP contribution in [-0.4, -0.2) is 30.3 Å². The van der Waals surface area contributed by atoms with E-state index < -0.39 is 18.5 Å². The Bertz CT molecular complexity index is 728. The molecule has 0 saturated carbocycles. The van der Waals surface area contributed by atoms with Crippen molar-refractivity contribution < 1.29 is 23.8 Å². The minimum atomic E-state index is -0.660. The Labute approximate surface area is 130 Å².